The minimum Gasteiger partial charge on any atom is -0.481 e. The van der Waals surface area contributed by atoms with Crippen LogP contribution >= 0.6 is 11.6 Å². The minimum atomic E-state index is -1.07. The number of carbonyl (C=O) groups is 3. The monoisotopic (exact) mass is 538 g/mol. The van der Waals surface area contributed by atoms with Gasteiger partial charge in [0.05, 0.1) is 13.0 Å². The molecule has 1 fully saturated rings. The Balaban J connectivity index is 1.47. The molecule has 11 heteroatoms. The Morgan fingerprint density at radius 1 is 1.16 bits per heavy atom. The van der Waals surface area contributed by atoms with E-state index in [4.69, 9.17) is 11.6 Å². The molecule has 10 nitrogen and oxygen atoms in total. The zero-order valence-electron chi connectivity index (χ0n) is 21.2. The summed E-state index contributed by atoms with van der Waals surface area (Å²) in [6.07, 6.45) is 9.58. The van der Waals surface area contributed by atoms with Crippen LogP contribution in [0.4, 0.5) is 11.5 Å². The van der Waals surface area contributed by atoms with E-state index in [1.54, 1.807) is 30.2 Å². The van der Waals surface area contributed by atoms with Crippen molar-refractivity contribution in [3.05, 3.63) is 70.3 Å². The molecule has 1 aromatic heterocycles. The smallest absolute Gasteiger partial charge is 0.308 e. The maximum Gasteiger partial charge on any atom is 0.308 e. The molecule has 0 atom stereocenters. The molecular formula is C27H31ClN6O4. The van der Waals surface area contributed by atoms with Gasteiger partial charge in [-0.25, -0.2) is 9.97 Å². The lowest BCUT2D eigenvalue weighted by Gasteiger charge is -2.22. The Labute approximate surface area is 226 Å². The number of nitrogens with one attached hydrogen (secondary N) is 3. The zero-order valence-corrected chi connectivity index (χ0v) is 21.9. The number of aromatic nitrogens is 2. The Morgan fingerprint density at radius 3 is 2.55 bits per heavy atom. The zero-order chi connectivity index (χ0) is 27.1. The molecule has 4 N–H and O–H groups in total. The first-order chi connectivity index (χ1) is 18.3. The van der Waals surface area contributed by atoms with Crippen LogP contribution in [0.2, 0.25) is 5.15 Å². The average molecular weight is 539 g/mol. The van der Waals surface area contributed by atoms with Crippen molar-refractivity contribution in [2.45, 2.75) is 44.6 Å². The van der Waals surface area contributed by atoms with Crippen molar-refractivity contribution in [2.75, 3.05) is 30.4 Å². The van der Waals surface area contributed by atoms with Crippen LogP contribution in [-0.4, -0.2) is 59.0 Å². The number of carboxylic acids is 1. The van der Waals surface area contributed by atoms with Gasteiger partial charge in [-0.1, -0.05) is 48.7 Å². The molecule has 4 rings (SSSR count). The van der Waals surface area contributed by atoms with Gasteiger partial charge in [0.15, 0.2) is 0 Å². The highest BCUT2D eigenvalue weighted by molar-refractivity contribution is 6.30. The van der Waals surface area contributed by atoms with Crippen molar-refractivity contribution in [3.63, 3.8) is 0 Å². The van der Waals surface area contributed by atoms with E-state index < -0.39 is 5.97 Å². The fraction of sp³-hybridized carbons (Fsp3) is 0.370. The Morgan fingerprint density at radius 2 is 1.89 bits per heavy atom. The number of carbonyl (C=O) groups excluding carboxylic acids is 2. The van der Waals surface area contributed by atoms with Gasteiger partial charge in [-0.3, -0.25) is 14.4 Å². The summed E-state index contributed by atoms with van der Waals surface area (Å²) < 4.78 is 0. The van der Waals surface area contributed by atoms with Crippen LogP contribution in [0.3, 0.4) is 0 Å². The predicted molar refractivity (Wildman–Crippen MR) is 145 cm³/mol. The highest BCUT2D eigenvalue weighted by atomic mass is 35.5. The first kappa shape index (κ1) is 27.1. The third-order valence-electron chi connectivity index (χ3n) is 6.40. The molecule has 1 saturated carbocycles. The second-order valence-electron chi connectivity index (χ2n) is 9.43. The molecule has 2 heterocycles. The summed E-state index contributed by atoms with van der Waals surface area (Å²) in [5, 5.41) is 18.3. The van der Waals surface area contributed by atoms with Gasteiger partial charge in [0.2, 0.25) is 5.91 Å². The van der Waals surface area contributed by atoms with Crippen molar-refractivity contribution in [1.82, 2.24) is 20.6 Å². The molecule has 0 radical (unpaired) electrons. The summed E-state index contributed by atoms with van der Waals surface area (Å²) in [6.45, 7) is 0.625. The van der Waals surface area contributed by atoms with Crippen molar-refractivity contribution < 1.29 is 19.5 Å². The van der Waals surface area contributed by atoms with Gasteiger partial charge >= 0.3 is 5.97 Å². The Kier molecular flexibility index (Phi) is 8.96. The van der Waals surface area contributed by atoms with Gasteiger partial charge in [-0.2, -0.15) is 0 Å². The second kappa shape index (κ2) is 12.6. The van der Waals surface area contributed by atoms with E-state index in [0.29, 0.717) is 36.0 Å². The average Bonchev–Trinajstić information content (AvgIpc) is 3.39. The fourth-order valence-electron chi connectivity index (χ4n) is 4.52. The normalized spacial score (nSPS) is 14.9. The first-order valence-electron chi connectivity index (χ1n) is 12.6. The van der Waals surface area contributed by atoms with E-state index in [9.17, 15) is 19.5 Å². The van der Waals surface area contributed by atoms with Crippen LogP contribution in [0.5, 0.6) is 0 Å². The van der Waals surface area contributed by atoms with Crippen LogP contribution in [0, 0.1) is 0 Å². The minimum absolute atomic E-state index is 0.0192. The number of allylic oxidation sites excluding steroid dienone is 2. The summed E-state index contributed by atoms with van der Waals surface area (Å²) in [5.74, 6) is -0.737. The van der Waals surface area contributed by atoms with Crippen LogP contribution in [0.25, 0.3) is 0 Å². The van der Waals surface area contributed by atoms with Crippen LogP contribution in [0.1, 0.15) is 42.6 Å². The summed E-state index contributed by atoms with van der Waals surface area (Å²) in [4.78, 5) is 47.0. The van der Waals surface area contributed by atoms with Crippen molar-refractivity contribution in [3.8, 4) is 0 Å². The largest absolute Gasteiger partial charge is 0.481 e. The number of carboxylic acid groups (broad SMARTS) is 1. The molecule has 1 aromatic carbocycles. The van der Waals surface area contributed by atoms with Crippen LogP contribution < -0.4 is 20.9 Å². The van der Waals surface area contributed by atoms with Crippen molar-refractivity contribution >= 4 is 40.9 Å². The second-order valence-corrected chi connectivity index (χ2v) is 9.78. The molecule has 0 unspecified atom stereocenters. The van der Waals surface area contributed by atoms with Crippen LogP contribution in [-0.2, 0) is 27.2 Å². The molecule has 2 aromatic rings. The maximum absolute atomic E-state index is 12.6. The number of likely N-dealkylation sites (N-methyl/N-ethyl adjacent to an activating group) is 1. The lowest BCUT2D eigenvalue weighted by molar-refractivity contribution is -0.136. The molecular weight excluding hydrogens is 508 g/mol. The van der Waals surface area contributed by atoms with E-state index in [1.165, 1.54) is 0 Å². The number of hydrogen-bond acceptors (Lipinski definition) is 7. The standard InChI is InChI=1S/C27H31ClN6O4/c1-34(16-23(35)30-18-6-2-3-7-18)26-20(15-24(36)37)25(28)32-22(33-26)14-17-9-11-19(12-10-17)31-27(38)21-8-4-5-13-29-21/h4-5,8-12,18,29H,2-3,6-7,13-16H2,1H3,(H,30,35)(H,31,38)(H,36,37). The highest BCUT2D eigenvalue weighted by Crippen LogP contribution is 2.26. The molecule has 0 spiro atoms. The van der Waals surface area contributed by atoms with E-state index in [-0.39, 0.29) is 41.5 Å². The molecule has 0 bridgehead atoms. The quantitative estimate of drug-likeness (QED) is 0.339. The van der Waals surface area contributed by atoms with Gasteiger partial charge in [0, 0.05) is 37.3 Å². The topological polar surface area (TPSA) is 137 Å². The highest BCUT2D eigenvalue weighted by Gasteiger charge is 2.22. The van der Waals surface area contributed by atoms with Gasteiger partial charge in [0.1, 0.15) is 22.5 Å². The van der Waals surface area contributed by atoms with Gasteiger partial charge < -0.3 is 26.0 Å². The number of halogens is 1. The predicted octanol–water partition coefficient (Wildman–Crippen LogP) is 2.82. The SMILES string of the molecule is CN(CC(=O)NC1CCCC1)c1nc(Cc2ccc(NC(=O)C3=CC=CCN3)cc2)nc(Cl)c1CC(=O)O. The number of nitrogens with zero attached hydrogens (tertiary/aromatic N) is 3. The molecule has 38 heavy (non-hydrogen) atoms. The van der Waals surface area contributed by atoms with Crippen LogP contribution in [0.15, 0.2) is 48.2 Å². The van der Waals surface area contributed by atoms with E-state index >= 15 is 0 Å². The summed E-state index contributed by atoms with van der Waals surface area (Å²) >= 11 is 6.41. The Bertz CT molecular complexity index is 1250. The third-order valence-corrected chi connectivity index (χ3v) is 6.71. The number of amides is 2. The summed E-state index contributed by atoms with van der Waals surface area (Å²) in [7, 11) is 1.69. The number of benzene rings is 1. The molecule has 2 aliphatic rings. The van der Waals surface area contributed by atoms with E-state index in [2.05, 4.69) is 25.9 Å². The summed E-state index contributed by atoms with van der Waals surface area (Å²) in [6, 6.07) is 7.44. The molecule has 2 amide bonds. The van der Waals surface area contributed by atoms with E-state index in [1.807, 2.05) is 24.3 Å². The van der Waals surface area contributed by atoms with Gasteiger partial charge in [0.25, 0.3) is 5.91 Å². The first-order valence-corrected chi connectivity index (χ1v) is 12.9. The van der Waals surface area contributed by atoms with Gasteiger partial charge in [-0.05, 0) is 36.6 Å². The third kappa shape index (κ3) is 7.32. The van der Waals surface area contributed by atoms with Crippen molar-refractivity contribution in [2.24, 2.45) is 0 Å². The number of aliphatic carboxylic acids is 1. The number of dihydropyridines is 1. The molecule has 1 aliphatic heterocycles. The lowest BCUT2D eigenvalue weighted by Crippen LogP contribution is -2.40. The Hall–Kier alpha value is -3.92. The maximum atomic E-state index is 12.6. The van der Waals surface area contributed by atoms with E-state index in [0.717, 1.165) is 31.2 Å². The molecule has 1 aliphatic carbocycles. The number of hydrogen-bond donors (Lipinski definition) is 4. The lowest BCUT2D eigenvalue weighted by atomic mass is 10.1. The summed E-state index contributed by atoms with van der Waals surface area (Å²) in [5.41, 5.74) is 2.27. The number of rotatable bonds is 10. The number of anilines is 2. The molecule has 200 valence electrons. The fourth-order valence-corrected chi connectivity index (χ4v) is 4.77. The molecule has 0 saturated heterocycles. The van der Waals surface area contributed by atoms with Crippen molar-refractivity contribution in [1.29, 1.82) is 0 Å². The van der Waals surface area contributed by atoms with Gasteiger partial charge in [-0.15, -0.1) is 0 Å².